The lowest BCUT2D eigenvalue weighted by molar-refractivity contribution is -0.134. The van der Waals surface area contributed by atoms with Crippen LogP contribution in [0.1, 0.15) is 91.4 Å². The third-order valence-electron chi connectivity index (χ3n) is 11.2. The molecule has 14 heteroatoms. The maximum Gasteiger partial charge on any atom is 0.293 e. The zero-order valence-electron chi connectivity index (χ0n) is 33.5. The van der Waals surface area contributed by atoms with Gasteiger partial charge >= 0.3 is 0 Å². The van der Waals surface area contributed by atoms with E-state index >= 15 is 0 Å². The van der Waals surface area contributed by atoms with Crippen molar-refractivity contribution in [2.24, 2.45) is 0 Å². The summed E-state index contributed by atoms with van der Waals surface area (Å²) in [6, 6.07) is 20.6. The average molecular weight is 781 g/mol. The van der Waals surface area contributed by atoms with Crippen LogP contribution < -0.4 is 15.5 Å². The minimum Gasteiger partial charge on any atom is -0.369 e. The monoisotopic (exact) mass is 780 g/mol. The first-order valence-corrected chi connectivity index (χ1v) is 19.9. The second kappa shape index (κ2) is 15.9. The molecule has 58 heavy (non-hydrogen) atoms. The number of benzene rings is 2. The molecule has 2 fully saturated rings. The van der Waals surface area contributed by atoms with E-state index in [1.165, 1.54) is 5.69 Å². The van der Waals surface area contributed by atoms with E-state index in [-0.39, 0.29) is 40.9 Å². The molecule has 298 valence electrons. The summed E-state index contributed by atoms with van der Waals surface area (Å²) in [6.45, 7) is 14.6. The number of carbonyl (C=O) groups excluding carboxylic acids is 3. The Morgan fingerprint density at radius 1 is 0.948 bits per heavy atom. The van der Waals surface area contributed by atoms with Gasteiger partial charge in [0, 0.05) is 91.3 Å². The highest BCUT2D eigenvalue weighted by Gasteiger charge is 2.29. The first-order valence-electron chi connectivity index (χ1n) is 19.9. The van der Waals surface area contributed by atoms with Gasteiger partial charge in [0.1, 0.15) is 5.69 Å². The predicted molar refractivity (Wildman–Crippen MR) is 220 cm³/mol. The molecule has 3 N–H and O–H groups in total. The first-order chi connectivity index (χ1) is 27.9. The number of anilines is 1. The number of piperazine rings is 1. The molecule has 2 atom stereocenters. The molecule has 2 saturated heterocycles. The van der Waals surface area contributed by atoms with Crippen LogP contribution in [0.5, 0.6) is 0 Å². The van der Waals surface area contributed by atoms with Gasteiger partial charge in [-0.15, -0.1) is 0 Å². The number of nitrogens with zero attached hydrogens (tertiary/aromatic N) is 7. The highest BCUT2D eigenvalue weighted by atomic mass is 16.5. The van der Waals surface area contributed by atoms with Crippen LogP contribution in [0.4, 0.5) is 5.69 Å². The standard InChI is InChI=1S/C44H48N10O4/c1-26-22-29(9-13-34(26)27(2)47-42(57)40-49-43(58-52-40)44(3,4)5)38-36-23-31(25-46-39(36)51-50-38)28-7-11-33(12-8-28)54-20-18-53(19-21-54)17-16-32-10-6-30(24-45-32)35-14-15-37(55)48-41(35)56/h6-13,22-25,27,35H,14-21H2,1-5H3,(H,47,57)(H,46,50,51)(H,48,55,56)/t27?,35-/m0/s1. The van der Waals surface area contributed by atoms with Crippen molar-refractivity contribution in [3.63, 3.8) is 0 Å². The molecule has 0 saturated carbocycles. The number of aromatic nitrogens is 6. The van der Waals surface area contributed by atoms with Crippen molar-refractivity contribution in [3.8, 4) is 22.4 Å². The van der Waals surface area contributed by atoms with E-state index < -0.39 is 0 Å². The van der Waals surface area contributed by atoms with Gasteiger partial charge in [-0.25, -0.2) is 4.98 Å². The number of piperidine rings is 1. The quantitative estimate of drug-likeness (QED) is 0.138. The lowest BCUT2D eigenvalue weighted by Gasteiger charge is -2.36. The molecule has 0 aliphatic carbocycles. The number of aromatic amines is 1. The summed E-state index contributed by atoms with van der Waals surface area (Å²) in [5.74, 6) is -0.696. The summed E-state index contributed by atoms with van der Waals surface area (Å²) in [4.78, 5) is 55.2. The second-order valence-corrected chi connectivity index (χ2v) is 16.3. The van der Waals surface area contributed by atoms with Gasteiger partial charge in [0.25, 0.3) is 11.7 Å². The number of hydrogen-bond acceptors (Lipinski definition) is 11. The minimum absolute atomic E-state index is 0.0191. The summed E-state index contributed by atoms with van der Waals surface area (Å²) >= 11 is 0. The molecule has 8 rings (SSSR count). The second-order valence-electron chi connectivity index (χ2n) is 16.3. The Hall–Kier alpha value is -6.28. The molecule has 0 spiro atoms. The van der Waals surface area contributed by atoms with E-state index in [0.29, 0.717) is 24.4 Å². The normalized spacial score (nSPS) is 17.1. The molecule has 14 nitrogen and oxygen atoms in total. The van der Waals surface area contributed by atoms with Crippen molar-refractivity contribution in [3.05, 3.63) is 107 Å². The third-order valence-corrected chi connectivity index (χ3v) is 11.2. The summed E-state index contributed by atoms with van der Waals surface area (Å²) in [6.07, 6.45) is 5.40. The number of fused-ring (bicyclic) bond motifs is 1. The average Bonchev–Trinajstić information content (AvgIpc) is 3.89. The van der Waals surface area contributed by atoms with Crippen molar-refractivity contribution in [2.45, 2.75) is 71.3 Å². The topological polar surface area (TPSA) is 175 Å². The van der Waals surface area contributed by atoms with E-state index in [9.17, 15) is 14.4 Å². The van der Waals surface area contributed by atoms with Gasteiger partial charge in [0.15, 0.2) is 5.65 Å². The Kier molecular flexibility index (Phi) is 10.6. The van der Waals surface area contributed by atoms with Gasteiger partial charge in [0.05, 0.1) is 12.0 Å². The number of H-pyrrole nitrogens is 1. The van der Waals surface area contributed by atoms with Crippen LogP contribution in [0, 0.1) is 6.92 Å². The van der Waals surface area contributed by atoms with Crippen molar-refractivity contribution in [2.75, 3.05) is 37.6 Å². The van der Waals surface area contributed by atoms with Crippen LogP contribution in [0.25, 0.3) is 33.4 Å². The van der Waals surface area contributed by atoms with Crippen LogP contribution in [0.15, 0.2) is 77.6 Å². The molecule has 3 amide bonds. The van der Waals surface area contributed by atoms with Crippen LogP contribution in [-0.4, -0.2) is 85.7 Å². The molecular formula is C44H48N10O4. The van der Waals surface area contributed by atoms with Crippen molar-refractivity contribution in [1.29, 1.82) is 0 Å². The maximum absolute atomic E-state index is 12.9. The molecule has 0 radical (unpaired) electrons. The zero-order chi connectivity index (χ0) is 40.6. The lowest BCUT2D eigenvalue weighted by Crippen LogP contribution is -2.47. The van der Waals surface area contributed by atoms with Gasteiger partial charge in [-0.2, -0.15) is 10.1 Å². The number of hydrogen-bond donors (Lipinski definition) is 3. The van der Waals surface area contributed by atoms with E-state index in [1.807, 2.05) is 65.1 Å². The largest absolute Gasteiger partial charge is 0.369 e. The summed E-state index contributed by atoms with van der Waals surface area (Å²) in [5.41, 5.74) is 9.26. The fourth-order valence-electron chi connectivity index (χ4n) is 7.72. The van der Waals surface area contributed by atoms with Gasteiger partial charge in [-0.05, 0) is 72.9 Å². The molecule has 2 aliphatic rings. The van der Waals surface area contributed by atoms with Crippen LogP contribution in [0.3, 0.4) is 0 Å². The molecular weight excluding hydrogens is 733 g/mol. The SMILES string of the molecule is Cc1cc(-c2n[nH]c3ncc(-c4ccc(N5CCN(CCc6ccc([C@@H]7CCC(=O)NC7=O)cn6)CC5)cc4)cc23)ccc1C(C)NC(=O)c1noc(C(C)(C)C)n1. The predicted octanol–water partition coefficient (Wildman–Crippen LogP) is 6.05. The van der Waals surface area contributed by atoms with E-state index in [1.54, 1.807) is 6.20 Å². The van der Waals surface area contributed by atoms with Crippen LogP contribution in [-0.2, 0) is 21.4 Å². The molecule has 2 aromatic carbocycles. The third kappa shape index (κ3) is 8.23. The number of pyridine rings is 2. The Labute approximate surface area is 336 Å². The number of aryl methyl sites for hydroxylation is 1. The number of nitrogens with one attached hydrogen (secondary N) is 3. The zero-order valence-corrected chi connectivity index (χ0v) is 33.5. The number of amides is 3. The summed E-state index contributed by atoms with van der Waals surface area (Å²) in [7, 11) is 0. The first kappa shape index (κ1) is 38.6. The summed E-state index contributed by atoms with van der Waals surface area (Å²) < 4.78 is 5.30. The Bertz CT molecular complexity index is 2460. The maximum atomic E-state index is 12.9. The van der Waals surface area contributed by atoms with Crippen molar-refractivity contribution < 1.29 is 18.9 Å². The molecule has 0 bridgehead atoms. The van der Waals surface area contributed by atoms with Gasteiger partial charge in [-0.3, -0.25) is 34.7 Å². The Balaban J connectivity index is 0.865. The smallest absolute Gasteiger partial charge is 0.293 e. The van der Waals surface area contributed by atoms with Crippen molar-refractivity contribution in [1.82, 2.24) is 45.8 Å². The van der Waals surface area contributed by atoms with Gasteiger partial charge in [-0.1, -0.05) is 56.3 Å². The van der Waals surface area contributed by atoms with Gasteiger partial charge in [0.2, 0.25) is 17.7 Å². The molecule has 2 aliphatic heterocycles. The van der Waals surface area contributed by atoms with Crippen molar-refractivity contribution >= 4 is 34.4 Å². The fraction of sp³-hybridized carbons (Fsp3) is 0.364. The molecule has 4 aromatic heterocycles. The van der Waals surface area contributed by atoms with E-state index in [2.05, 4.69) is 82.2 Å². The van der Waals surface area contributed by atoms with Crippen LogP contribution in [0.2, 0.25) is 0 Å². The number of carbonyl (C=O) groups is 3. The molecule has 6 aromatic rings. The highest BCUT2D eigenvalue weighted by Crippen LogP contribution is 2.32. The Morgan fingerprint density at radius 2 is 1.72 bits per heavy atom. The molecule has 1 unspecified atom stereocenters. The van der Waals surface area contributed by atoms with Crippen LogP contribution >= 0.6 is 0 Å². The minimum atomic E-state index is -0.387. The number of rotatable bonds is 10. The Morgan fingerprint density at radius 3 is 2.41 bits per heavy atom. The van der Waals surface area contributed by atoms with E-state index in [4.69, 9.17) is 9.51 Å². The summed E-state index contributed by atoms with van der Waals surface area (Å²) in [5, 5.41) is 18.0. The van der Waals surface area contributed by atoms with E-state index in [0.717, 1.165) is 89.3 Å². The fourth-order valence-corrected chi connectivity index (χ4v) is 7.72. The highest BCUT2D eigenvalue weighted by molar-refractivity contribution is 6.01. The molecule has 6 heterocycles. The number of imide groups is 1. The lowest BCUT2D eigenvalue weighted by atomic mass is 9.91. The van der Waals surface area contributed by atoms with Gasteiger partial charge < -0.3 is 14.7 Å².